The highest BCUT2D eigenvalue weighted by atomic mass is 35.5. The minimum absolute atomic E-state index is 0. The highest BCUT2D eigenvalue weighted by Gasteiger charge is 2.34. The fourth-order valence-corrected chi connectivity index (χ4v) is 4.13. The second kappa shape index (κ2) is 9.15. The van der Waals surface area contributed by atoms with Gasteiger partial charge in [0.25, 0.3) is 0 Å². The number of ether oxygens (including phenoxy) is 1. The van der Waals surface area contributed by atoms with E-state index in [0.717, 1.165) is 25.8 Å². The average Bonchev–Trinajstić information content (AvgIpc) is 3.02. The minimum Gasteiger partial charge on any atom is -0.383 e. The molecular formula is C17H29ClN2O3S. The van der Waals surface area contributed by atoms with Crippen LogP contribution in [0.5, 0.6) is 0 Å². The van der Waals surface area contributed by atoms with Crippen molar-refractivity contribution in [1.82, 2.24) is 10.0 Å². The maximum absolute atomic E-state index is 12.5. The van der Waals surface area contributed by atoms with Crippen LogP contribution in [0.2, 0.25) is 0 Å². The Kier molecular flexibility index (Phi) is 8.15. The van der Waals surface area contributed by atoms with Crippen LogP contribution in [-0.4, -0.2) is 40.8 Å². The third kappa shape index (κ3) is 5.17. The minimum atomic E-state index is -3.50. The standard InChI is InChI=1S/C17H28N2O3S.ClH/c1-4-14(2)15-6-8-16(9-7-15)23(20,21)19-12-17(13-22-3)10-5-11-18-17;/h6-9,14,18-19H,4-5,10-13H2,1-3H3;1H. The summed E-state index contributed by atoms with van der Waals surface area (Å²) in [4.78, 5) is 0.315. The average molecular weight is 377 g/mol. The highest BCUT2D eigenvalue weighted by molar-refractivity contribution is 7.89. The van der Waals surface area contributed by atoms with Gasteiger partial charge in [0, 0.05) is 13.7 Å². The quantitative estimate of drug-likeness (QED) is 0.732. The molecule has 0 aromatic heterocycles. The molecule has 1 aromatic rings. The maximum atomic E-state index is 12.5. The molecular weight excluding hydrogens is 348 g/mol. The first-order valence-electron chi connectivity index (χ1n) is 8.26. The van der Waals surface area contributed by atoms with Crippen LogP contribution in [0.4, 0.5) is 0 Å². The van der Waals surface area contributed by atoms with Crippen LogP contribution in [0.15, 0.2) is 29.2 Å². The van der Waals surface area contributed by atoms with Gasteiger partial charge in [0.1, 0.15) is 0 Å². The van der Waals surface area contributed by atoms with Gasteiger partial charge in [0.15, 0.2) is 0 Å². The van der Waals surface area contributed by atoms with Crippen molar-refractivity contribution >= 4 is 22.4 Å². The van der Waals surface area contributed by atoms with Gasteiger partial charge >= 0.3 is 0 Å². The van der Waals surface area contributed by atoms with Gasteiger partial charge in [0.05, 0.1) is 17.0 Å². The number of halogens is 1. The van der Waals surface area contributed by atoms with Gasteiger partial charge in [-0.3, -0.25) is 0 Å². The largest absolute Gasteiger partial charge is 0.383 e. The molecule has 1 aliphatic heterocycles. The number of hydrogen-bond acceptors (Lipinski definition) is 4. The van der Waals surface area contributed by atoms with Crippen molar-refractivity contribution in [3.8, 4) is 0 Å². The van der Waals surface area contributed by atoms with E-state index in [1.807, 2.05) is 12.1 Å². The van der Waals surface area contributed by atoms with Crippen molar-refractivity contribution in [2.24, 2.45) is 0 Å². The normalized spacial score (nSPS) is 22.1. The number of methoxy groups -OCH3 is 1. The van der Waals surface area contributed by atoms with E-state index in [4.69, 9.17) is 4.74 Å². The molecule has 0 radical (unpaired) electrons. The topological polar surface area (TPSA) is 67.4 Å². The van der Waals surface area contributed by atoms with Crippen LogP contribution in [0.25, 0.3) is 0 Å². The van der Waals surface area contributed by atoms with E-state index >= 15 is 0 Å². The molecule has 2 unspecified atom stereocenters. The van der Waals surface area contributed by atoms with Gasteiger partial charge in [0.2, 0.25) is 10.0 Å². The first kappa shape index (κ1) is 21.4. The zero-order valence-electron chi connectivity index (χ0n) is 14.7. The molecule has 0 aliphatic carbocycles. The number of benzene rings is 1. The first-order valence-corrected chi connectivity index (χ1v) is 9.74. The second-order valence-corrected chi connectivity index (χ2v) is 8.21. The second-order valence-electron chi connectivity index (χ2n) is 6.45. The van der Waals surface area contributed by atoms with Crippen molar-refractivity contribution in [2.75, 3.05) is 26.8 Å². The lowest BCUT2D eigenvalue weighted by atomic mass is 9.99. The molecule has 1 aromatic carbocycles. The fourth-order valence-electron chi connectivity index (χ4n) is 3.00. The third-order valence-corrected chi connectivity index (χ3v) is 6.14. The summed E-state index contributed by atoms with van der Waals surface area (Å²) < 4.78 is 33.0. The van der Waals surface area contributed by atoms with Crippen LogP contribution >= 0.6 is 12.4 Å². The predicted octanol–water partition coefficient (Wildman–Crippen LogP) is 2.67. The number of hydrogen-bond donors (Lipinski definition) is 2. The lowest BCUT2D eigenvalue weighted by Crippen LogP contribution is -2.52. The molecule has 24 heavy (non-hydrogen) atoms. The van der Waals surface area contributed by atoms with E-state index in [0.29, 0.717) is 24.0 Å². The van der Waals surface area contributed by atoms with E-state index in [-0.39, 0.29) is 17.9 Å². The first-order chi connectivity index (χ1) is 10.9. The SMILES string of the molecule is CCC(C)c1ccc(S(=O)(=O)NCC2(COC)CCCN2)cc1.Cl. The Bertz CT molecular complexity index is 599. The zero-order chi connectivity index (χ0) is 16.9. The summed E-state index contributed by atoms with van der Waals surface area (Å²) >= 11 is 0. The molecule has 1 saturated heterocycles. The molecule has 1 aliphatic rings. The number of sulfonamides is 1. The summed E-state index contributed by atoms with van der Waals surface area (Å²) in [6.45, 7) is 6.01. The van der Waals surface area contributed by atoms with Gasteiger partial charge in [-0.1, -0.05) is 26.0 Å². The monoisotopic (exact) mass is 376 g/mol. The van der Waals surface area contributed by atoms with E-state index in [1.165, 1.54) is 5.56 Å². The van der Waals surface area contributed by atoms with Crippen molar-refractivity contribution < 1.29 is 13.2 Å². The Labute approximate surface area is 152 Å². The summed E-state index contributed by atoms with van der Waals surface area (Å²) in [5, 5.41) is 3.37. The lowest BCUT2D eigenvalue weighted by molar-refractivity contribution is 0.122. The zero-order valence-corrected chi connectivity index (χ0v) is 16.3. The summed E-state index contributed by atoms with van der Waals surface area (Å²) in [5.41, 5.74) is 0.873. The molecule has 2 atom stereocenters. The molecule has 0 bridgehead atoms. The van der Waals surface area contributed by atoms with Gasteiger partial charge in [-0.15, -0.1) is 12.4 Å². The van der Waals surface area contributed by atoms with Crippen molar-refractivity contribution in [1.29, 1.82) is 0 Å². The van der Waals surface area contributed by atoms with Crippen LogP contribution < -0.4 is 10.0 Å². The lowest BCUT2D eigenvalue weighted by Gasteiger charge is -2.28. The predicted molar refractivity (Wildman–Crippen MR) is 99.4 cm³/mol. The molecule has 5 nitrogen and oxygen atoms in total. The maximum Gasteiger partial charge on any atom is 0.240 e. The Morgan fingerprint density at radius 3 is 2.50 bits per heavy atom. The Morgan fingerprint density at radius 2 is 2.00 bits per heavy atom. The van der Waals surface area contributed by atoms with E-state index in [1.54, 1.807) is 19.2 Å². The van der Waals surface area contributed by atoms with Crippen LogP contribution in [0.3, 0.4) is 0 Å². The van der Waals surface area contributed by atoms with Gasteiger partial charge in [-0.25, -0.2) is 13.1 Å². The van der Waals surface area contributed by atoms with E-state index in [2.05, 4.69) is 23.9 Å². The summed E-state index contributed by atoms with van der Waals surface area (Å²) in [5.74, 6) is 0.437. The molecule has 2 rings (SSSR count). The fraction of sp³-hybridized carbons (Fsp3) is 0.647. The smallest absolute Gasteiger partial charge is 0.240 e. The van der Waals surface area contributed by atoms with Gasteiger partial charge in [-0.2, -0.15) is 0 Å². The van der Waals surface area contributed by atoms with Crippen molar-refractivity contribution in [3.05, 3.63) is 29.8 Å². The number of nitrogens with one attached hydrogen (secondary N) is 2. The molecule has 2 N–H and O–H groups in total. The summed E-state index contributed by atoms with van der Waals surface area (Å²) in [6, 6.07) is 7.19. The molecule has 0 spiro atoms. The Hall–Kier alpha value is -0.660. The van der Waals surface area contributed by atoms with E-state index in [9.17, 15) is 8.42 Å². The van der Waals surface area contributed by atoms with Crippen molar-refractivity contribution in [3.63, 3.8) is 0 Å². The van der Waals surface area contributed by atoms with Crippen molar-refractivity contribution in [2.45, 2.75) is 49.5 Å². The molecule has 0 saturated carbocycles. The van der Waals surface area contributed by atoms with Crippen LogP contribution in [0, 0.1) is 0 Å². The van der Waals surface area contributed by atoms with E-state index < -0.39 is 10.0 Å². The van der Waals surface area contributed by atoms with Crippen LogP contribution in [-0.2, 0) is 14.8 Å². The van der Waals surface area contributed by atoms with Crippen LogP contribution in [0.1, 0.15) is 44.6 Å². The Morgan fingerprint density at radius 1 is 1.33 bits per heavy atom. The molecule has 1 heterocycles. The molecule has 1 fully saturated rings. The summed E-state index contributed by atoms with van der Waals surface area (Å²) in [7, 11) is -1.86. The molecule has 7 heteroatoms. The van der Waals surface area contributed by atoms with Gasteiger partial charge in [-0.05, 0) is 49.4 Å². The summed E-state index contributed by atoms with van der Waals surface area (Å²) in [6.07, 6.45) is 2.99. The highest BCUT2D eigenvalue weighted by Crippen LogP contribution is 2.22. The molecule has 0 amide bonds. The Balaban J connectivity index is 0.00000288. The molecule has 138 valence electrons. The van der Waals surface area contributed by atoms with Gasteiger partial charge < -0.3 is 10.1 Å². The number of rotatable bonds is 8. The third-order valence-electron chi connectivity index (χ3n) is 4.73.